The molecule has 0 saturated heterocycles. The third-order valence-corrected chi connectivity index (χ3v) is 4.60. The van der Waals surface area contributed by atoms with Gasteiger partial charge in [0.25, 0.3) is 10.0 Å². The van der Waals surface area contributed by atoms with Gasteiger partial charge in [0.1, 0.15) is 10.7 Å². The molecule has 2 aromatic carbocycles. The Kier molecular flexibility index (Phi) is 4.22. The molecule has 0 spiro atoms. The van der Waals surface area contributed by atoms with Gasteiger partial charge in [-0.15, -0.1) is 0 Å². The molecule has 0 aliphatic carbocycles. The summed E-state index contributed by atoms with van der Waals surface area (Å²) in [5, 5.41) is 0.315. The van der Waals surface area contributed by atoms with Gasteiger partial charge in [-0.05, 0) is 36.4 Å². The lowest BCUT2D eigenvalue weighted by atomic mass is 10.3. The summed E-state index contributed by atoms with van der Waals surface area (Å²) in [7, 11) is -3.99. The van der Waals surface area contributed by atoms with E-state index in [9.17, 15) is 12.8 Å². The van der Waals surface area contributed by atoms with Crippen LogP contribution >= 0.6 is 27.5 Å². The lowest BCUT2D eigenvalue weighted by Crippen LogP contribution is -2.15. The molecule has 8 heteroatoms. The summed E-state index contributed by atoms with van der Waals surface area (Å²) in [6, 6.07) is 7.89. The van der Waals surface area contributed by atoms with Crippen LogP contribution in [-0.4, -0.2) is 8.42 Å². The van der Waals surface area contributed by atoms with Crippen LogP contribution < -0.4 is 10.5 Å². The fourth-order valence-electron chi connectivity index (χ4n) is 1.54. The molecule has 2 rings (SSSR count). The van der Waals surface area contributed by atoms with E-state index in [-0.39, 0.29) is 16.3 Å². The van der Waals surface area contributed by atoms with Crippen LogP contribution in [0.5, 0.6) is 0 Å². The summed E-state index contributed by atoms with van der Waals surface area (Å²) in [6.45, 7) is 0. The molecular formula is C12H9BrClFN2O2S. The number of benzene rings is 2. The fourth-order valence-corrected chi connectivity index (χ4v) is 3.25. The van der Waals surface area contributed by atoms with Gasteiger partial charge in [0, 0.05) is 9.50 Å². The first-order valence-corrected chi connectivity index (χ1v) is 7.98. The van der Waals surface area contributed by atoms with Crippen LogP contribution in [0.25, 0.3) is 0 Å². The predicted octanol–water partition coefficient (Wildman–Crippen LogP) is 3.62. The molecule has 0 unspecified atom stereocenters. The third-order valence-electron chi connectivity index (χ3n) is 2.43. The summed E-state index contributed by atoms with van der Waals surface area (Å²) >= 11 is 8.85. The van der Waals surface area contributed by atoms with Crippen molar-refractivity contribution in [3.63, 3.8) is 0 Å². The average Bonchev–Trinajstić information content (AvgIpc) is 2.33. The van der Waals surface area contributed by atoms with Gasteiger partial charge < -0.3 is 5.73 Å². The minimum Gasteiger partial charge on any atom is -0.398 e. The predicted molar refractivity (Wildman–Crippen MR) is 80.8 cm³/mol. The molecule has 0 amide bonds. The Balaban J connectivity index is 2.43. The van der Waals surface area contributed by atoms with Gasteiger partial charge in [0.05, 0.1) is 11.4 Å². The quantitative estimate of drug-likeness (QED) is 0.800. The first-order valence-electron chi connectivity index (χ1n) is 5.32. The SMILES string of the molecule is Nc1cc(Cl)ccc1S(=O)(=O)Nc1cc(Br)ccc1F. The van der Waals surface area contributed by atoms with E-state index in [1.165, 1.54) is 30.3 Å². The number of hydrogen-bond acceptors (Lipinski definition) is 3. The summed E-state index contributed by atoms with van der Waals surface area (Å²) in [5.41, 5.74) is 5.44. The number of hydrogen-bond donors (Lipinski definition) is 2. The molecule has 20 heavy (non-hydrogen) atoms. The van der Waals surface area contributed by atoms with E-state index < -0.39 is 15.8 Å². The zero-order valence-electron chi connectivity index (χ0n) is 9.90. The van der Waals surface area contributed by atoms with E-state index in [1.54, 1.807) is 0 Å². The maximum atomic E-state index is 13.6. The van der Waals surface area contributed by atoms with Gasteiger partial charge in [0.2, 0.25) is 0 Å². The second kappa shape index (κ2) is 5.59. The van der Waals surface area contributed by atoms with Gasteiger partial charge in [-0.3, -0.25) is 4.72 Å². The molecule has 0 bridgehead atoms. The van der Waals surface area contributed by atoms with Gasteiger partial charge in [0.15, 0.2) is 0 Å². The zero-order valence-corrected chi connectivity index (χ0v) is 13.1. The summed E-state index contributed by atoms with van der Waals surface area (Å²) < 4.78 is 40.6. The summed E-state index contributed by atoms with van der Waals surface area (Å²) in [4.78, 5) is -0.165. The maximum Gasteiger partial charge on any atom is 0.264 e. The molecule has 0 radical (unpaired) electrons. The van der Waals surface area contributed by atoms with Crippen molar-refractivity contribution in [3.8, 4) is 0 Å². The lowest BCUT2D eigenvalue weighted by Gasteiger charge is -2.11. The second-order valence-corrected chi connectivity index (χ2v) is 6.91. The fraction of sp³-hybridized carbons (Fsp3) is 0. The first-order chi connectivity index (χ1) is 9.29. The first kappa shape index (κ1) is 15.1. The van der Waals surface area contributed by atoms with Crippen molar-refractivity contribution in [1.29, 1.82) is 0 Å². The molecule has 2 aromatic rings. The van der Waals surface area contributed by atoms with Crippen LogP contribution in [-0.2, 0) is 10.0 Å². The Morgan fingerprint density at radius 3 is 2.55 bits per heavy atom. The Hall–Kier alpha value is -1.31. The van der Waals surface area contributed by atoms with Crippen molar-refractivity contribution in [2.75, 3.05) is 10.5 Å². The van der Waals surface area contributed by atoms with Crippen molar-refractivity contribution in [3.05, 3.63) is 51.7 Å². The number of nitrogens with one attached hydrogen (secondary N) is 1. The Bertz CT molecular complexity index is 768. The smallest absolute Gasteiger partial charge is 0.264 e. The highest BCUT2D eigenvalue weighted by Gasteiger charge is 2.19. The van der Waals surface area contributed by atoms with Crippen LogP contribution in [0, 0.1) is 5.82 Å². The topological polar surface area (TPSA) is 72.2 Å². The number of sulfonamides is 1. The molecular weight excluding hydrogens is 371 g/mol. The largest absolute Gasteiger partial charge is 0.398 e. The maximum absolute atomic E-state index is 13.6. The van der Waals surface area contributed by atoms with E-state index >= 15 is 0 Å². The van der Waals surface area contributed by atoms with Crippen molar-refractivity contribution in [2.24, 2.45) is 0 Å². The normalized spacial score (nSPS) is 11.3. The monoisotopic (exact) mass is 378 g/mol. The standard InChI is InChI=1S/C12H9BrClFN2O2S/c13-7-1-3-9(15)11(5-7)17-20(18,19)12-4-2-8(14)6-10(12)16/h1-6,17H,16H2. The number of halogens is 3. The Morgan fingerprint density at radius 2 is 1.90 bits per heavy atom. The van der Waals surface area contributed by atoms with Crippen LogP contribution in [0.15, 0.2) is 45.8 Å². The molecule has 0 saturated carbocycles. The van der Waals surface area contributed by atoms with E-state index in [4.69, 9.17) is 17.3 Å². The Labute approximate surface area is 128 Å². The van der Waals surface area contributed by atoms with E-state index in [1.807, 2.05) is 0 Å². The molecule has 0 aliphatic heterocycles. The minimum absolute atomic E-state index is 0.0135. The van der Waals surface area contributed by atoms with Crippen molar-refractivity contribution in [2.45, 2.75) is 4.90 Å². The highest BCUT2D eigenvalue weighted by molar-refractivity contribution is 9.10. The molecule has 4 nitrogen and oxygen atoms in total. The molecule has 3 N–H and O–H groups in total. The number of rotatable bonds is 3. The highest BCUT2D eigenvalue weighted by atomic mass is 79.9. The highest BCUT2D eigenvalue weighted by Crippen LogP contribution is 2.27. The van der Waals surface area contributed by atoms with E-state index in [0.717, 1.165) is 6.07 Å². The number of nitrogens with two attached hydrogens (primary N) is 1. The lowest BCUT2D eigenvalue weighted by molar-refractivity contribution is 0.599. The van der Waals surface area contributed by atoms with Crippen molar-refractivity contribution < 1.29 is 12.8 Å². The zero-order chi connectivity index (χ0) is 14.9. The second-order valence-electron chi connectivity index (χ2n) is 3.91. The van der Waals surface area contributed by atoms with Gasteiger partial charge >= 0.3 is 0 Å². The number of anilines is 2. The molecule has 0 aliphatic rings. The molecule has 0 heterocycles. The number of nitrogen functional groups attached to an aromatic ring is 1. The van der Waals surface area contributed by atoms with Gasteiger partial charge in [-0.1, -0.05) is 27.5 Å². The molecule has 0 fully saturated rings. The van der Waals surface area contributed by atoms with Crippen molar-refractivity contribution >= 4 is 48.9 Å². The third kappa shape index (κ3) is 3.23. The van der Waals surface area contributed by atoms with Crippen LogP contribution in [0.4, 0.5) is 15.8 Å². The average molecular weight is 380 g/mol. The van der Waals surface area contributed by atoms with Crippen LogP contribution in [0.2, 0.25) is 5.02 Å². The van der Waals surface area contributed by atoms with Crippen LogP contribution in [0.3, 0.4) is 0 Å². The van der Waals surface area contributed by atoms with Gasteiger partial charge in [-0.2, -0.15) is 0 Å². The molecule has 106 valence electrons. The Morgan fingerprint density at radius 1 is 1.20 bits per heavy atom. The van der Waals surface area contributed by atoms with Crippen LogP contribution in [0.1, 0.15) is 0 Å². The van der Waals surface area contributed by atoms with Gasteiger partial charge in [-0.25, -0.2) is 12.8 Å². The molecule has 0 aromatic heterocycles. The minimum atomic E-state index is -3.99. The summed E-state index contributed by atoms with van der Waals surface area (Å²) in [6.07, 6.45) is 0. The summed E-state index contributed by atoms with van der Waals surface area (Å²) in [5.74, 6) is -0.690. The van der Waals surface area contributed by atoms with E-state index in [0.29, 0.717) is 9.50 Å². The van der Waals surface area contributed by atoms with E-state index in [2.05, 4.69) is 20.7 Å². The van der Waals surface area contributed by atoms with Crippen molar-refractivity contribution in [1.82, 2.24) is 0 Å². The molecule has 0 atom stereocenters.